The van der Waals surface area contributed by atoms with Crippen molar-refractivity contribution < 1.29 is 5.11 Å². The van der Waals surface area contributed by atoms with Gasteiger partial charge in [0.05, 0.1) is 12.1 Å². The van der Waals surface area contributed by atoms with E-state index < -0.39 is 5.54 Å². The van der Waals surface area contributed by atoms with Gasteiger partial charge in [0.15, 0.2) is 0 Å². The van der Waals surface area contributed by atoms with Crippen LogP contribution in [0.2, 0.25) is 0 Å². The van der Waals surface area contributed by atoms with Crippen molar-refractivity contribution in [1.29, 1.82) is 0 Å². The van der Waals surface area contributed by atoms with Gasteiger partial charge in [0.25, 0.3) is 0 Å². The van der Waals surface area contributed by atoms with Crippen LogP contribution >= 0.6 is 15.9 Å². The molecule has 0 fully saturated rings. The second-order valence-corrected chi connectivity index (χ2v) is 3.91. The second-order valence-electron chi connectivity index (χ2n) is 3.06. The Labute approximate surface area is 80.5 Å². The highest BCUT2D eigenvalue weighted by Gasteiger charge is 2.21. The molecule has 1 aromatic carbocycles. The van der Waals surface area contributed by atoms with E-state index in [4.69, 9.17) is 10.8 Å². The Bertz CT molecular complexity index is 273. The zero-order chi connectivity index (χ0) is 9.19. The summed E-state index contributed by atoms with van der Waals surface area (Å²) in [4.78, 5) is 0. The molecule has 66 valence electrons. The predicted octanol–water partition coefficient (Wildman–Crippen LogP) is 1.62. The summed E-state index contributed by atoms with van der Waals surface area (Å²) in [6.07, 6.45) is 0. The third-order valence-corrected chi connectivity index (χ3v) is 2.51. The highest BCUT2D eigenvalue weighted by molar-refractivity contribution is 9.10. The molecule has 0 aromatic heterocycles. The topological polar surface area (TPSA) is 46.2 Å². The summed E-state index contributed by atoms with van der Waals surface area (Å²) in [6.45, 7) is 1.74. The van der Waals surface area contributed by atoms with Crippen molar-refractivity contribution in [2.45, 2.75) is 12.5 Å². The van der Waals surface area contributed by atoms with E-state index in [0.29, 0.717) is 0 Å². The maximum atomic E-state index is 9.03. The van der Waals surface area contributed by atoms with Gasteiger partial charge in [-0.2, -0.15) is 0 Å². The van der Waals surface area contributed by atoms with Crippen LogP contribution in [0.3, 0.4) is 0 Å². The summed E-state index contributed by atoms with van der Waals surface area (Å²) >= 11 is 3.38. The first-order valence-corrected chi connectivity index (χ1v) is 4.52. The lowest BCUT2D eigenvalue weighted by molar-refractivity contribution is 0.209. The highest BCUT2D eigenvalue weighted by Crippen LogP contribution is 2.25. The number of hydrogen-bond donors (Lipinski definition) is 2. The number of benzene rings is 1. The van der Waals surface area contributed by atoms with Crippen LogP contribution in [0, 0.1) is 0 Å². The van der Waals surface area contributed by atoms with Gasteiger partial charge >= 0.3 is 0 Å². The summed E-state index contributed by atoms with van der Waals surface area (Å²) in [6, 6.07) is 7.64. The number of aliphatic hydroxyl groups excluding tert-OH is 1. The summed E-state index contributed by atoms with van der Waals surface area (Å²) in [5.74, 6) is 0. The Kier molecular flexibility index (Phi) is 2.88. The summed E-state index contributed by atoms with van der Waals surface area (Å²) in [5, 5.41) is 9.03. The maximum absolute atomic E-state index is 9.03. The first-order valence-electron chi connectivity index (χ1n) is 3.72. The molecule has 0 saturated heterocycles. The van der Waals surface area contributed by atoms with Crippen molar-refractivity contribution >= 4 is 15.9 Å². The summed E-state index contributed by atoms with van der Waals surface area (Å²) in [7, 11) is 0. The predicted molar refractivity (Wildman–Crippen MR) is 52.8 cm³/mol. The Morgan fingerprint density at radius 3 is 2.58 bits per heavy atom. The molecule has 0 bridgehead atoms. The molecule has 0 saturated carbocycles. The average Bonchev–Trinajstić information content (AvgIpc) is 2.05. The van der Waals surface area contributed by atoms with Crippen LogP contribution in [0.15, 0.2) is 28.7 Å². The standard InChI is InChI=1S/C9H12BrNO/c1-9(11,6-12)7-4-2-3-5-8(7)10/h2-5,12H,6,11H2,1H3/t9-/m0/s1. The maximum Gasteiger partial charge on any atom is 0.0650 e. The van der Waals surface area contributed by atoms with Crippen molar-refractivity contribution in [3.8, 4) is 0 Å². The molecule has 1 atom stereocenters. The van der Waals surface area contributed by atoms with Crippen LogP contribution < -0.4 is 5.73 Å². The minimum Gasteiger partial charge on any atom is -0.394 e. The number of halogens is 1. The van der Waals surface area contributed by atoms with Crippen LogP contribution in [0.1, 0.15) is 12.5 Å². The largest absolute Gasteiger partial charge is 0.394 e. The molecular formula is C9H12BrNO. The molecule has 0 aliphatic carbocycles. The van der Waals surface area contributed by atoms with Crippen molar-refractivity contribution in [3.63, 3.8) is 0 Å². The normalized spacial score (nSPS) is 15.7. The van der Waals surface area contributed by atoms with Gasteiger partial charge in [0, 0.05) is 4.47 Å². The van der Waals surface area contributed by atoms with Crippen molar-refractivity contribution in [3.05, 3.63) is 34.3 Å². The molecule has 0 amide bonds. The number of nitrogens with two attached hydrogens (primary N) is 1. The quantitative estimate of drug-likeness (QED) is 0.810. The molecule has 0 aliphatic heterocycles. The third-order valence-electron chi connectivity index (χ3n) is 1.82. The number of aliphatic hydroxyl groups is 1. The monoisotopic (exact) mass is 229 g/mol. The molecular weight excluding hydrogens is 218 g/mol. The van der Waals surface area contributed by atoms with Crippen molar-refractivity contribution in [1.82, 2.24) is 0 Å². The molecule has 12 heavy (non-hydrogen) atoms. The number of rotatable bonds is 2. The van der Waals surface area contributed by atoms with Crippen molar-refractivity contribution in [2.24, 2.45) is 5.73 Å². The molecule has 2 nitrogen and oxygen atoms in total. The Morgan fingerprint density at radius 1 is 1.50 bits per heavy atom. The Balaban J connectivity index is 3.10. The van der Waals surface area contributed by atoms with Crippen molar-refractivity contribution in [2.75, 3.05) is 6.61 Å². The van der Waals surface area contributed by atoms with Crippen LogP contribution in [0.25, 0.3) is 0 Å². The zero-order valence-electron chi connectivity index (χ0n) is 6.92. The van der Waals surface area contributed by atoms with Gasteiger partial charge in [-0.05, 0) is 18.6 Å². The summed E-state index contributed by atoms with van der Waals surface area (Å²) < 4.78 is 0.934. The molecule has 0 unspecified atom stereocenters. The van der Waals surface area contributed by atoms with Gasteiger partial charge in [0.1, 0.15) is 0 Å². The van der Waals surface area contributed by atoms with Crippen LogP contribution in [-0.4, -0.2) is 11.7 Å². The molecule has 0 spiro atoms. The zero-order valence-corrected chi connectivity index (χ0v) is 8.51. The molecule has 1 rings (SSSR count). The molecule has 3 heteroatoms. The number of hydrogen-bond acceptors (Lipinski definition) is 2. The van der Waals surface area contributed by atoms with Gasteiger partial charge < -0.3 is 10.8 Å². The van der Waals surface area contributed by atoms with Crippen LogP contribution in [0.4, 0.5) is 0 Å². The average molecular weight is 230 g/mol. The van der Waals surface area contributed by atoms with Gasteiger partial charge in [-0.3, -0.25) is 0 Å². The van der Waals surface area contributed by atoms with Gasteiger partial charge in [-0.25, -0.2) is 0 Å². The van der Waals surface area contributed by atoms with Crippen LogP contribution in [0.5, 0.6) is 0 Å². The smallest absolute Gasteiger partial charge is 0.0650 e. The van der Waals surface area contributed by atoms with Gasteiger partial charge in [-0.1, -0.05) is 34.1 Å². The highest BCUT2D eigenvalue weighted by atomic mass is 79.9. The lowest BCUT2D eigenvalue weighted by Gasteiger charge is -2.23. The first-order chi connectivity index (χ1) is 5.58. The van der Waals surface area contributed by atoms with E-state index in [0.717, 1.165) is 10.0 Å². The Morgan fingerprint density at radius 2 is 2.08 bits per heavy atom. The van der Waals surface area contributed by atoms with E-state index in [1.54, 1.807) is 6.92 Å². The minimum absolute atomic E-state index is 0.0599. The molecule has 3 N–H and O–H groups in total. The van der Waals surface area contributed by atoms with E-state index in [2.05, 4.69) is 15.9 Å². The minimum atomic E-state index is -0.667. The van der Waals surface area contributed by atoms with Crippen LogP contribution in [-0.2, 0) is 5.54 Å². The van der Waals surface area contributed by atoms with Gasteiger partial charge in [0.2, 0.25) is 0 Å². The second kappa shape index (κ2) is 3.56. The van der Waals surface area contributed by atoms with Gasteiger partial charge in [-0.15, -0.1) is 0 Å². The fourth-order valence-electron chi connectivity index (χ4n) is 1.01. The lowest BCUT2D eigenvalue weighted by atomic mass is 9.94. The first kappa shape index (κ1) is 9.71. The molecule has 0 aliphatic rings. The van der Waals surface area contributed by atoms with E-state index in [1.165, 1.54) is 0 Å². The SMILES string of the molecule is C[C@](N)(CO)c1ccccc1Br. The fourth-order valence-corrected chi connectivity index (χ4v) is 1.75. The Hall–Kier alpha value is -0.380. The van der Waals surface area contributed by atoms with E-state index in [1.807, 2.05) is 24.3 Å². The van der Waals surface area contributed by atoms with E-state index >= 15 is 0 Å². The van der Waals surface area contributed by atoms with E-state index in [-0.39, 0.29) is 6.61 Å². The molecule has 1 aromatic rings. The molecule has 0 radical (unpaired) electrons. The molecule has 0 heterocycles. The lowest BCUT2D eigenvalue weighted by Crippen LogP contribution is -2.37. The van der Waals surface area contributed by atoms with E-state index in [9.17, 15) is 0 Å². The summed E-state index contributed by atoms with van der Waals surface area (Å²) in [5.41, 5.74) is 6.12. The fraction of sp³-hybridized carbons (Fsp3) is 0.333. The third kappa shape index (κ3) is 1.86.